The van der Waals surface area contributed by atoms with Crippen molar-refractivity contribution in [3.05, 3.63) is 71.3 Å². The van der Waals surface area contributed by atoms with Gasteiger partial charge in [-0.05, 0) is 31.2 Å². The van der Waals surface area contributed by atoms with Gasteiger partial charge in [0.1, 0.15) is 6.54 Å². The number of rotatable bonds is 7. The second-order valence-electron chi connectivity index (χ2n) is 8.27. The molecule has 0 saturated carbocycles. The average molecular weight is 353 g/mol. The summed E-state index contributed by atoms with van der Waals surface area (Å²) in [5.74, 6) is 0.577. The number of nitrogens with two attached hydrogens (primary N) is 1. The van der Waals surface area contributed by atoms with Crippen molar-refractivity contribution >= 4 is 0 Å². The molecule has 0 aromatic heterocycles. The fourth-order valence-corrected chi connectivity index (χ4v) is 4.18. The van der Waals surface area contributed by atoms with Crippen LogP contribution in [0, 0.1) is 12.8 Å². The Bertz CT molecular complexity index is 664. The van der Waals surface area contributed by atoms with E-state index in [0.29, 0.717) is 12.0 Å². The maximum absolute atomic E-state index is 6.11. The standard InChI is InChI=1S/C24H33NO/c1-19(2)23-17-24(14-16-26-23,22-11-9-20(3)10-12-22)13-15-25-18-21-7-5-4-6-8-21/h4-12,19,23,25H,13-18H2,1-3H3/p+1/t23-,24+/m1/s1. The van der Waals surface area contributed by atoms with E-state index in [0.717, 1.165) is 32.5 Å². The maximum Gasteiger partial charge on any atom is 0.101 e. The molecule has 3 rings (SSSR count). The predicted molar refractivity (Wildman–Crippen MR) is 108 cm³/mol. The second kappa shape index (κ2) is 8.83. The predicted octanol–water partition coefficient (Wildman–Crippen LogP) is 4.22. The van der Waals surface area contributed by atoms with Gasteiger partial charge in [-0.3, -0.25) is 0 Å². The number of aryl methyl sites for hydroxylation is 1. The molecule has 2 aromatic rings. The highest BCUT2D eigenvalue weighted by molar-refractivity contribution is 5.29. The fourth-order valence-electron chi connectivity index (χ4n) is 4.18. The first-order valence-electron chi connectivity index (χ1n) is 10.1. The molecule has 0 amide bonds. The monoisotopic (exact) mass is 352 g/mol. The van der Waals surface area contributed by atoms with Crippen LogP contribution < -0.4 is 5.32 Å². The van der Waals surface area contributed by atoms with Gasteiger partial charge in [-0.1, -0.05) is 74.0 Å². The molecular formula is C24H34NO+. The molecule has 2 heteroatoms. The zero-order valence-corrected chi connectivity index (χ0v) is 16.6. The molecule has 2 nitrogen and oxygen atoms in total. The molecule has 1 aliphatic rings. The van der Waals surface area contributed by atoms with Gasteiger partial charge in [0.05, 0.1) is 12.6 Å². The lowest BCUT2D eigenvalue weighted by molar-refractivity contribution is -0.671. The van der Waals surface area contributed by atoms with E-state index in [9.17, 15) is 0 Å². The third-order valence-electron chi connectivity index (χ3n) is 5.96. The van der Waals surface area contributed by atoms with Crippen molar-refractivity contribution in [2.45, 2.75) is 58.1 Å². The van der Waals surface area contributed by atoms with Crippen molar-refractivity contribution in [3.63, 3.8) is 0 Å². The Hall–Kier alpha value is -1.64. The summed E-state index contributed by atoms with van der Waals surface area (Å²) in [5.41, 5.74) is 4.51. The van der Waals surface area contributed by atoms with Crippen LogP contribution in [-0.4, -0.2) is 19.3 Å². The number of benzene rings is 2. The molecule has 0 aliphatic carbocycles. The van der Waals surface area contributed by atoms with E-state index in [4.69, 9.17) is 4.74 Å². The zero-order valence-electron chi connectivity index (χ0n) is 16.6. The maximum atomic E-state index is 6.11. The number of hydrogen-bond donors (Lipinski definition) is 1. The summed E-state index contributed by atoms with van der Waals surface area (Å²) in [5, 5.41) is 2.46. The lowest BCUT2D eigenvalue weighted by Crippen LogP contribution is -2.83. The smallest absolute Gasteiger partial charge is 0.101 e. The van der Waals surface area contributed by atoms with Crippen LogP contribution in [-0.2, 0) is 16.7 Å². The van der Waals surface area contributed by atoms with Gasteiger partial charge in [-0.2, -0.15) is 0 Å². The summed E-state index contributed by atoms with van der Waals surface area (Å²) >= 11 is 0. The van der Waals surface area contributed by atoms with Crippen molar-refractivity contribution in [2.75, 3.05) is 13.2 Å². The molecular weight excluding hydrogens is 318 g/mol. The van der Waals surface area contributed by atoms with Crippen LogP contribution in [0.2, 0.25) is 0 Å². The minimum absolute atomic E-state index is 0.258. The molecule has 1 heterocycles. The highest BCUT2D eigenvalue weighted by Crippen LogP contribution is 2.41. The van der Waals surface area contributed by atoms with Crippen LogP contribution in [0.4, 0.5) is 0 Å². The van der Waals surface area contributed by atoms with Crippen molar-refractivity contribution in [1.82, 2.24) is 0 Å². The molecule has 1 fully saturated rings. The first kappa shape index (κ1) is 19.1. The third-order valence-corrected chi connectivity index (χ3v) is 5.96. The molecule has 1 aliphatic heterocycles. The Morgan fingerprint density at radius 1 is 1.08 bits per heavy atom. The van der Waals surface area contributed by atoms with Crippen molar-refractivity contribution in [3.8, 4) is 0 Å². The van der Waals surface area contributed by atoms with Crippen LogP contribution in [0.15, 0.2) is 54.6 Å². The molecule has 2 aromatic carbocycles. The van der Waals surface area contributed by atoms with Gasteiger partial charge in [-0.15, -0.1) is 0 Å². The Morgan fingerprint density at radius 2 is 1.81 bits per heavy atom. The van der Waals surface area contributed by atoms with E-state index in [1.165, 1.54) is 23.1 Å². The molecule has 26 heavy (non-hydrogen) atoms. The van der Waals surface area contributed by atoms with Crippen molar-refractivity contribution < 1.29 is 10.1 Å². The molecule has 1 saturated heterocycles. The van der Waals surface area contributed by atoms with Crippen LogP contribution in [0.25, 0.3) is 0 Å². The normalized spacial score (nSPS) is 23.3. The van der Waals surface area contributed by atoms with E-state index in [2.05, 4.69) is 80.7 Å². The molecule has 0 spiro atoms. The van der Waals surface area contributed by atoms with Crippen molar-refractivity contribution in [1.29, 1.82) is 0 Å². The zero-order chi connectivity index (χ0) is 18.4. The van der Waals surface area contributed by atoms with Gasteiger partial charge in [0.2, 0.25) is 0 Å². The fraction of sp³-hybridized carbons (Fsp3) is 0.500. The molecule has 0 unspecified atom stereocenters. The van der Waals surface area contributed by atoms with E-state index < -0.39 is 0 Å². The van der Waals surface area contributed by atoms with E-state index in [-0.39, 0.29) is 5.41 Å². The van der Waals surface area contributed by atoms with Gasteiger partial charge in [0.15, 0.2) is 0 Å². The molecule has 0 bridgehead atoms. The second-order valence-corrected chi connectivity index (χ2v) is 8.27. The Morgan fingerprint density at radius 3 is 2.50 bits per heavy atom. The summed E-state index contributed by atoms with van der Waals surface area (Å²) < 4.78 is 6.11. The summed E-state index contributed by atoms with van der Waals surface area (Å²) in [7, 11) is 0. The van der Waals surface area contributed by atoms with E-state index in [1.807, 2.05) is 0 Å². The minimum Gasteiger partial charge on any atom is -0.378 e. The first-order valence-corrected chi connectivity index (χ1v) is 10.1. The van der Waals surface area contributed by atoms with Gasteiger partial charge in [-0.25, -0.2) is 0 Å². The quantitative estimate of drug-likeness (QED) is 0.742. The molecule has 140 valence electrons. The largest absolute Gasteiger partial charge is 0.378 e. The average Bonchev–Trinajstić information content (AvgIpc) is 2.67. The molecule has 0 radical (unpaired) electrons. The summed E-state index contributed by atoms with van der Waals surface area (Å²) in [6.07, 6.45) is 3.88. The SMILES string of the molecule is Cc1ccc([C@@]2(CC[NH2+]Cc3ccccc3)CCO[C@@H](C(C)C)C2)cc1. The number of quaternary nitrogens is 1. The lowest BCUT2D eigenvalue weighted by Gasteiger charge is -2.42. The highest BCUT2D eigenvalue weighted by Gasteiger charge is 2.39. The molecule has 2 N–H and O–H groups in total. The first-order chi connectivity index (χ1) is 12.6. The Labute approximate surface area is 159 Å². The van der Waals surface area contributed by atoms with Crippen LogP contribution >= 0.6 is 0 Å². The van der Waals surface area contributed by atoms with Gasteiger partial charge >= 0.3 is 0 Å². The summed E-state index contributed by atoms with van der Waals surface area (Å²) in [4.78, 5) is 0. The lowest BCUT2D eigenvalue weighted by atomic mass is 9.68. The Balaban J connectivity index is 1.69. The van der Waals surface area contributed by atoms with Crippen LogP contribution in [0.5, 0.6) is 0 Å². The summed E-state index contributed by atoms with van der Waals surface area (Å²) in [6.45, 7) is 9.86. The Kier molecular flexibility index (Phi) is 6.50. The topological polar surface area (TPSA) is 25.8 Å². The number of ether oxygens (including phenoxy) is 1. The van der Waals surface area contributed by atoms with E-state index >= 15 is 0 Å². The third kappa shape index (κ3) is 4.75. The van der Waals surface area contributed by atoms with Gasteiger partial charge < -0.3 is 10.1 Å². The van der Waals surface area contributed by atoms with Crippen LogP contribution in [0.3, 0.4) is 0 Å². The molecule has 2 atom stereocenters. The van der Waals surface area contributed by atoms with E-state index in [1.54, 1.807) is 0 Å². The summed E-state index contributed by atoms with van der Waals surface area (Å²) in [6, 6.07) is 20.0. The van der Waals surface area contributed by atoms with Gasteiger partial charge in [0.25, 0.3) is 0 Å². The van der Waals surface area contributed by atoms with Gasteiger partial charge in [0, 0.05) is 24.0 Å². The highest BCUT2D eigenvalue weighted by atomic mass is 16.5. The van der Waals surface area contributed by atoms with Crippen LogP contribution in [0.1, 0.15) is 49.8 Å². The minimum atomic E-state index is 0.258. The van der Waals surface area contributed by atoms with Crippen molar-refractivity contribution in [2.24, 2.45) is 5.92 Å². The number of hydrogen-bond acceptors (Lipinski definition) is 1.